The normalized spacial score (nSPS) is 9.29. The first-order valence-electron chi connectivity index (χ1n) is 4.17. The molecule has 0 unspecified atom stereocenters. The fourth-order valence-corrected chi connectivity index (χ4v) is 1.30. The number of nitrogens with one attached hydrogen (secondary N) is 1. The Morgan fingerprint density at radius 2 is 2.21 bits per heavy atom. The Bertz CT molecular complexity index is 416. The molecular formula is C11H11FN2. The van der Waals surface area contributed by atoms with E-state index in [1.54, 1.807) is 14.0 Å². The number of hydrogen-bond acceptors (Lipinski definition) is 2. The summed E-state index contributed by atoms with van der Waals surface area (Å²) in [5.74, 6) is -0.418. The summed E-state index contributed by atoms with van der Waals surface area (Å²) >= 11 is 0. The van der Waals surface area contributed by atoms with Crippen molar-refractivity contribution in [2.24, 2.45) is 0 Å². The van der Waals surface area contributed by atoms with Crippen LogP contribution in [0.15, 0.2) is 18.7 Å². The Morgan fingerprint density at radius 1 is 1.57 bits per heavy atom. The van der Waals surface area contributed by atoms with Gasteiger partial charge in [-0.3, -0.25) is 0 Å². The molecule has 0 aliphatic rings. The van der Waals surface area contributed by atoms with Crippen molar-refractivity contribution in [2.75, 3.05) is 12.4 Å². The first-order chi connectivity index (χ1) is 6.60. The zero-order chi connectivity index (χ0) is 10.7. The summed E-state index contributed by atoms with van der Waals surface area (Å²) in [5, 5.41) is 11.7. The van der Waals surface area contributed by atoms with Crippen molar-refractivity contribution in [1.82, 2.24) is 0 Å². The summed E-state index contributed by atoms with van der Waals surface area (Å²) in [5.41, 5.74) is 2.29. The Balaban J connectivity index is 3.49. The van der Waals surface area contributed by atoms with Crippen molar-refractivity contribution < 1.29 is 4.39 Å². The van der Waals surface area contributed by atoms with Gasteiger partial charge < -0.3 is 5.32 Å². The Hall–Kier alpha value is -1.82. The predicted octanol–water partition coefficient (Wildman–Crippen LogP) is 2.77. The number of rotatable bonds is 2. The van der Waals surface area contributed by atoms with E-state index in [2.05, 4.69) is 11.9 Å². The highest BCUT2D eigenvalue weighted by Crippen LogP contribution is 2.27. The summed E-state index contributed by atoms with van der Waals surface area (Å²) in [6.07, 6.45) is 0. The van der Waals surface area contributed by atoms with Crippen molar-refractivity contribution in [3.8, 4) is 6.07 Å². The van der Waals surface area contributed by atoms with Crippen LogP contribution in [0, 0.1) is 17.1 Å². The van der Waals surface area contributed by atoms with Crippen molar-refractivity contribution in [2.45, 2.75) is 6.92 Å². The lowest BCUT2D eigenvalue weighted by atomic mass is 10.0. The van der Waals surface area contributed by atoms with Gasteiger partial charge in [-0.25, -0.2) is 4.39 Å². The second kappa shape index (κ2) is 3.93. The quantitative estimate of drug-likeness (QED) is 0.778. The second-order valence-electron chi connectivity index (χ2n) is 3.02. The van der Waals surface area contributed by atoms with Gasteiger partial charge in [-0.2, -0.15) is 5.26 Å². The highest BCUT2D eigenvalue weighted by molar-refractivity contribution is 5.78. The van der Waals surface area contributed by atoms with E-state index in [-0.39, 0.29) is 0 Å². The molecule has 1 aromatic carbocycles. The zero-order valence-corrected chi connectivity index (χ0v) is 8.19. The van der Waals surface area contributed by atoms with E-state index < -0.39 is 5.82 Å². The number of halogens is 1. The Kier molecular flexibility index (Phi) is 2.88. The molecule has 0 atom stereocenters. The van der Waals surface area contributed by atoms with Crippen LogP contribution >= 0.6 is 0 Å². The Labute approximate surface area is 82.7 Å². The van der Waals surface area contributed by atoms with E-state index in [0.717, 1.165) is 5.57 Å². The van der Waals surface area contributed by atoms with E-state index in [1.165, 1.54) is 12.1 Å². The minimum Gasteiger partial charge on any atom is -0.387 e. The smallest absolute Gasteiger partial charge is 0.125 e. The van der Waals surface area contributed by atoms with Crippen LogP contribution in [-0.4, -0.2) is 7.05 Å². The average molecular weight is 190 g/mol. The van der Waals surface area contributed by atoms with Crippen LogP contribution in [-0.2, 0) is 0 Å². The van der Waals surface area contributed by atoms with Crippen LogP contribution in [0.2, 0.25) is 0 Å². The monoisotopic (exact) mass is 190 g/mol. The second-order valence-corrected chi connectivity index (χ2v) is 3.02. The van der Waals surface area contributed by atoms with Gasteiger partial charge in [-0.1, -0.05) is 6.58 Å². The van der Waals surface area contributed by atoms with Crippen LogP contribution in [0.25, 0.3) is 5.57 Å². The van der Waals surface area contributed by atoms with E-state index in [9.17, 15) is 4.39 Å². The van der Waals surface area contributed by atoms with Gasteiger partial charge in [0.15, 0.2) is 0 Å². The van der Waals surface area contributed by atoms with Gasteiger partial charge in [-0.05, 0) is 24.6 Å². The van der Waals surface area contributed by atoms with Crippen LogP contribution < -0.4 is 5.32 Å². The third kappa shape index (κ3) is 1.74. The fourth-order valence-electron chi connectivity index (χ4n) is 1.30. The van der Waals surface area contributed by atoms with Gasteiger partial charge in [0.2, 0.25) is 0 Å². The van der Waals surface area contributed by atoms with Gasteiger partial charge in [0.05, 0.1) is 11.3 Å². The van der Waals surface area contributed by atoms with Crippen molar-refractivity contribution >= 4 is 11.3 Å². The largest absolute Gasteiger partial charge is 0.387 e. The summed E-state index contributed by atoms with van der Waals surface area (Å²) in [6.45, 7) is 5.51. The first-order valence-corrected chi connectivity index (χ1v) is 4.17. The van der Waals surface area contributed by atoms with Crippen molar-refractivity contribution in [3.05, 3.63) is 35.7 Å². The zero-order valence-electron chi connectivity index (χ0n) is 8.19. The number of anilines is 1. The highest BCUT2D eigenvalue weighted by Gasteiger charge is 2.09. The summed E-state index contributed by atoms with van der Waals surface area (Å²) in [6, 6.07) is 4.52. The molecule has 1 aromatic rings. The van der Waals surface area contributed by atoms with Crippen LogP contribution in [0.5, 0.6) is 0 Å². The molecule has 2 nitrogen and oxygen atoms in total. The molecule has 0 aliphatic carbocycles. The lowest BCUT2D eigenvalue weighted by molar-refractivity contribution is 0.627. The molecule has 72 valence electrons. The standard InChI is InChI=1S/C11H11FN2/c1-7(2)10-5-9(12)4-8(6-13)11(10)14-3/h4-5,14H,1H2,2-3H3. The molecule has 0 fully saturated rings. The molecule has 0 aliphatic heterocycles. The lowest BCUT2D eigenvalue weighted by Crippen LogP contribution is -1.98. The third-order valence-electron chi connectivity index (χ3n) is 1.93. The molecule has 0 heterocycles. The molecule has 0 amide bonds. The number of allylic oxidation sites excluding steroid dienone is 1. The van der Waals surface area contributed by atoms with E-state index in [4.69, 9.17) is 5.26 Å². The minimum absolute atomic E-state index is 0.297. The third-order valence-corrected chi connectivity index (χ3v) is 1.93. The van der Waals surface area contributed by atoms with Gasteiger partial charge >= 0.3 is 0 Å². The molecule has 0 radical (unpaired) electrons. The molecule has 3 heteroatoms. The highest BCUT2D eigenvalue weighted by atomic mass is 19.1. The van der Waals surface area contributed by atoms with E-state index in [0.29, 0.717) is 16.8 Å². The van der Waals surface area contributed by atoms with Crippen LogP contribution in [0.3, 0.4) is 0 Å². The maximum atomic E-state index is 13.1. The number of nitriles is 1. The summed E-state index contributed by atoms with van der Waals surface area (Å²) < 4.78 is 13.1. The van der Waals surface area contributed by atoms with Crippen LogP contribution in [0.4, 0.5) is 10.1 Å². The fraction of sp³-hybridized carbons (Fsp3) is 0.182. The topological polar surface area (TPSA) is 35.8 Å². The first kappa shape index (κ1) is 10.3. The molecule has 0 saturated heterocycles. The van der Waals surface area contributed by atoms with Gasteiger partial charge in [0.25, 0.3) is 0 Å². The molecular weight excluding hydrogens is 179 g/mol. The molecule has 0 saturated carbocycles. The molecule has 0 aromatic heterocycles. The maximum absolute atomic E-state index is 13.1. The predicted molar refractivity (Wildman–Crippen MR) is 55.4 cm³/mol. The van der Waals surface area contributed by atoms with E-state index >= 15 is 0 Å². The SMILES string of the molecule is C=C(C)c1cc(F)cc(C#N)c1NC. The molecule has 14 heavy (non-hydrogen) atoms. The Morgan fingerprint density at radius 3 is 2.64 bits per heavy atom. The lowest BCUT2D eigenvalue weighted by Gasteiger charge is -2.10. The minimum atomic E-state index is -0.418. The van der Waals surface area contributed by atoms with Crippen LogP contribution in [0.1, 0.15) is 18.1 Å². The molecule has 0 spiro atoms. The average Bonchev–Trinajstić information content (AvgIpc) is 2.16. The summed E-state index contributed by atoms with van der Waals surface area (Å²) in [7, 11) is 1.69. The van der Waals surface area contributed by atoms with Crippen molar-refractivity contribution in [3.63, 3.8) is 0 Å². The van der Waals surface area contributed by atoms with Gasteiger partial charge in [0.1, 0.15) is 11.9 Å². The summed E-state index contributed by atoms with van der Waals surface area (Å²) in [4.78, 5) is 0. The number of hydrogen-bond donors (Lipinski definition) is 1. The van der Waals surface area contributed by atoms with Gasteiger partial charge in [-0.15, -0.1) is 0 Å². The van der Waals surface area contributed by atoms with Crippen molar-refractivity contribution in [1.29, 1.82) is 5.26 Å². The van der Waals surface area contributed by atoms with Gasteiger partial charge in [0, 0.05) is 12.6 Å². The molecule has 1 rings (SSSR count). The molecule has 1 N–H and O–H groups in total. The maximum Gasteiger partial charge on any atom is 0.125 e. The van der Waals surface area contributed by atoms with E-state index in [1.807, 2.05) is 6.07 Å². The molecule has 0 bridgehead atoms. The number of nitrogens with zero attached hydrogens (tertiary/aromatic N) is 1. The number of benzene rings is 1.